The molecule has 0 aromatic rings. The van der Waals surface area contributed by atoms with Crippen LogP contribution in [-0.4, -0.2) is 11.8 Å². The lowest BCUT2D eigenvalue weighted by molar-refractivity contribution is 0.567. The fourth-order valence-electron chi connectivity index (χ4n) is 0.580. The van der Waals surface area contributed by atoms with E-state index in [1.807, 2.05) is 0 Å². The zero-order valence-electron chi connectivity index (χ0n) is 4.79. The van der Waals surface area contributed by atoms with Crippen molar-refractivity contribution in [2.24, 2.45) is 10.7 Å². The van der Waals surface area contributed by atoms with Gasteiger partial charge in [-0.05, 0) is 0 Å². The average Bonchev–Trinajstić information content (AvgIpc) is 1.89. The molecule has 0 spiro atoms. The molecule has 0 bridgehead atoms. The third-order valence-electron chi connectivity index (χ3n) is 1.07. The zero-order chi connectivity index (χ0) is 6.69. The van der Waals surface area contributed by atoms with Crippen LogP contribution in [0.15, 0.2) is 22.8 Å². The van der Waals surface area contributed by atoms with Gasteiger partial charge in [-0.3, -0.25) is 0 Å². The molecule has 0 aromatic carbocycles. The van der Waals surface area contributed by atoms with Crippen molar-refractivity contribution < 1.29 is 4.79 Å². The van der Waals surface area contributed by atoms with Crippen molar-refractivity contribution in [2.75, 3.05) is 0 Å². The smallest absolute Gasteiger partial charge is 0.137 e. The van der Waals surface area contributed by atoms with Crippen LogP contribution in [-0.2, 0) is 4.79 Å². The minimum atomic E-state index is 0.285. The first-order valence-electron chi connectivity index (χ1n) is 2.57. The monoisotopic (exact) mass is 122 g/mol. The van der Waals surface area contributed by atoms with Crippen LogP contribution in [0.5, 0.6) is 0 Å². The number of nitrogens with zero attached hydrogens (tertiary/aromatic N) is 1. The van der Waals surface area contributed by atoms with Crippen LogP contribution in [0.4, 0.5) is 0 Å². The van der Waals surface area contributed by atoms with Gasteiger partial charge in [0.25, 0.3) is 0 Å². The van der Waals surface area contributed by atoms with Gasteiger partial charge in [-0.15, -0.1) is 0 Å². The summed E-state index contributed by atoms with van der Waals surface area (Å²) >= 11 is 0. The molecule has 0 saturated carbocycles. The Labute approximate surface area is 52.6 Å². The summed E-state index contributed by atoms with van der Waals surface area (Å²) in [6.07, 6.45) is 3.89. The van der Waals surface area contributed by atoms with Gasteiger partial charge in [0.05, 0.1) is 5.57 Å². The second kappa shape index (κ2) is 2.29. The Balaban J connectivity index is 2.96. The maximum Gasteiger partial charge on any atom is 0.137 e. The van der Waals surface area contributed by atoms with Crippen LogP contribution < -0.4 is 5.73 Å². The highest BCUT2D eigenvalue weighted by Gasteiger charge is 2.03. The van der Waals surface area contributed by atoms with Crippen molar-refractivity contribution in [2.45, 2.75) is 6.42 Å². The number of aliphatic imine (C=N–C) groups is 1. The van der Waals surface area contributed by atoms with Crippen LogP contribution in [0.25, 0.3) is 0 Å². The molecule has 1 aliphatic heterocycles. The molecule has 3 nitrogen and oxygen atoms in total. The Morgan fingerprint density at radius 3 is 3.00 bits per heavy atom. The van der Waals surface area contributed by atoms with Gasteiger partial charge in [-0.1, -0.05) is 6.08 Å². The molecule has 2 N–H and O–H groups in total. The number of allylic oxidation sites excluding steroid dienone is 1. The number of rotatable bonds is 0. The predicted octanol–water partition coefficient (Wildman–Crippen LogP) is 0.0190. The average molecular weight is 122 g/mol. The third kappa shape index (κ3) is 1.06. The zero-order valence-corrected chi connectivity index (χ0v) is 4.79. The van der Waals surface area contributed by atoms with Gasteiger partial charge >= 0.3 is 0 Å². The Bertz CT molecular complexity index is 221. The van der Waals surface area contributed by atoms with Gasteiger partial charge in [0.2, 0.25) is 0 Å². The van der Waals surface area contributed by atoms with Crippen LogP contribution >= 0.6 is 0 Å². The van der Waals surface area contributed by atoms with Gasteiger partial charge in [0, 0.05) is 12.6 Å². The summed E-state index contributed by atoms with van der Waals surface area (Å²) in [5.74, 6) is 2.00. The van der Waals surface area contributed by atoms with Crippen LogP contribution in [0.1, 0.15) is 6.42 Å². The largest absolute Gasteiger partial charge is 0.383 e. The fraction of sp³-hybridized carbons (Fsp3) is 0.167. The maximum absolute atomic E-state index is 10.0. The molecule has 1 rings (SSSR count). The minimum Gasteiger partial charge on any atom is -0.383 e. The van der Waals surface area contributed by atoms with Crippen molar-refractivity contribution in [3.8, 4) is 0 Å². The SMILES string of the molecule is NC1=NC=CCC1=C=O. The van der Waals surface area contributed by atoms with Crippen molar-refractivity contribution >= 4 is 11.8 Å². The van der Waals surface area contributed by atoms with E-state index in [1.165, 1.54) is 0 Å². The van der Waals surface area contributed by atoms with Gasteiger partial charge < -0.3 is 5.73 Å². The van der Waals surface area contributed by atoms with E-state index in [-0.39, 0.29) is 5.84 Å². The summed E-state index contributed by atoms with van der Waals surface area (Å²) in [6.45, 7) is 0. The standard InChI is InChI=1S/C6H6N2O/c7-6-5(4-9)2-1-3-8-6/h1,3H,2H2,(H2,7,8). The second-order valence-corrected chi connectivity index (χ2v) is 1.68. The van der Waals surface area contributed by atoms with Gasteiger partial charge in [-0.2, -0.15) is 0 Å². The molecule has 0 radical (unpaired) electrons. The highest BCUT2D eigenvalue weighted by molar-refractivity contribution is 6.04. The molecule has 0 amide bonds. The molecule has 1 heterocycles. The van der Waals surface area contributed by atoms with Crippen molar-refractivity contribution in [3.63, 3.8) is 0 Å². The first-order valence-corrected chi connectivity index (χ1v) is 2.57. The van der Waals surface area contributed by atoms with Gasteiger partial charge in [0.15, 0.2) is 0 Å². The normalized spacial score (nSPS) is 16.9. The molecule has 0 saturated heterocycles. The van der Waals surface area contributed by atoms with Crippen LogP contribution in [0.3, 0.4) is 0 Å². The number of nitrogens with two attached hydrogens (primary N) is 1. The van der Waals surface area contributed by atoms with E-state index in [0.29, 0.717) is 12.0 Å². The molecular weight excluding hydrogens is 116 g/mol. The highest BCUT2D eigenvalue weighted by atomic mass is 16.1. The van der Waals surface area contributed by atoms with E-state index < -0.39 is 0 Å². The van der Waals surface area contributed by atoms with Crippen molar-refractivity contribution in [1.29, 1.82) is 0 Å². The van der Waals surface area contributed by atoms with E-state index in [4.69, 9.17) is 5.73 Å². The minimum absolute atomic E-state index is 0.285. The lowest BCUT2D eigenvalue weighted by Crippen LogP contribution is -2.16. The van der Waals surface area contributed by atoms with Crippen LogP contribution in [0, 0.1) is 0 Å². The molecule has 1 aliphatic rings. The second-order valence-electron chi connectivity index (χ2n) is 1.68. The molecule has 0 fully saturated rings. The van der Waals surface area contributed by atoms with E-state index in [0.717, 1.165) is 0 Å². The van der Waals surface area contributed by atoms with E-state index in [1.54, 1.807) is 18.2 Å². The lowest BCUT2D eigenvalue weighted by Gasteiger charge is -2.00. The fourth-order valence-corrected chi connectivity index (χ4v) is 0.580. The molecule has 0 unspecified atom stereocenters. The topological polar surface area (TPSA) is 55.4 Å². The summed E-state index contributed by atoms with van der Waals surface area (Å²) < 4.78 is 0. The van der Waals surface area contributed by atoms with Gasteiger partial charge in [0.1, 0.15) is 11.8 Å². The lowest BCUT2D eigenvalue weighted by atomic mass is 10.2. The third-order valence-corrected chi connectivity index (χ3v) is 1.07. The summed E-state index contributed by atoms with van der Waals surface area (Å²) in [5, 5.41) is 0. The molecule has 3 heteroatoms. The van der Waals surface area contributed by atoms with E-state index in [9.17, 15) is 4.79 Å². The summed E-state index contributed by atoms with van der Waals surface area (Å²) in [7, 11) is 0. The van der Waals surface area contributed by atoms with Crippen molar-refractivity contribution in [1.82, 2.24) is 0 Å². The Morgan fingerprint density at radius 1 is 1.78 bits per heavy atom. The Kier molecular flexibility index (Phi) is 1.47. The summed E-state index contributed by atoms with van der Waals surface area (Å²) in [6, 6.07) is 0. The first kappa shape index (κ1) is 5.79. The Morgan fingerprint density at radius 2 is 2.56 bits per heavy atom. The number of carbonyl (C=O) groups excluding carboxylic acids is 1. The molecule has 0 aromatic heterocycles. The Hall–Kier alpha value is -1.34. The number of hydrogen-bond acceptors (Lipinski definition) is 3. The predicted molar refractivity (Wildman–Crippen MR) is 34.6 cm³/mol. The summed E-state index contributed by atoms with van der Waals surface area (Å²) in [4.78, 5) is 13.7. The number of amidine groups is 1. The summed E-state index contributed by atoms with van der Waals surface area (Å²) in [5.41, 5.74) is 5.73. The maximum atomic E-state index is 10.0. The molecule has 46 valence electrons. The molecular formula is C6H6N2O. The highest BCUT2D eigenvalue weighted by Crippen LogP contribution is 2.03. The van der Waals surface area contributed by atoms with Crippen molar-refractivity contribution in [3.05, 3.63) is 17.8 Å². The van der Waals surface area contributed by atoms with E-state index >= 15 is 0 Å². The molecule has 0 aliphatic carbocycles. The number of hydrogen-bond donors (Lipinski definition) is 1. The van der Waals surface area contributed by atoms with Crippen LogP contribution in [0.2, 0.25) is 0 Å². The van der Waals surface area contributed by atoms with E-state index in [2.05, 4.69) is 4.99 Å². The molecule has 0 atom stereocenters. The quantitative estimate of drug-likeness (QED) is 0.460. The van der Waals surface area contributed by atoms with Gasteiger partial charge in [-0.25, -0.2) is 9.79 Å². The molecule has 9 heavy (non-hydrogen) atoms. The first-order chi connectivity index (χ1) is 4.34.